The zero-order chi connectivity index (χ0) is 22.3. The molecule has 0 amide bonds. The molecule has 0 fully saturated rings. The molecule has 0 bridgehead atoms. The van der Waals surface area contributed by atoms with Gasteiger partial charge < -0.3 is 27.7 Å². The number of hydrogen-bond acceptors (Lipinski definition) is 5. The second-order valence-corrected chi connectivity index (χ2v) is 8.45. The minimum atomic E-state index is -0.0810. The molecule has 0 radical (unpaired) electrons. The third-order valence-electron chi connectivity index (χ3n) is 5.90. The highest BCUT2D eigenvalue weighted by atomic mass is 16.5. The molecule has 0 aromatic heterocycles. The standard InChI is InChI=1S/C26H42N4O/c27-19-17-23(29)25(15-7-13-21-9-3-1-4-10-21)31-26(24(30)18-20-28)16-8-14-22-11-5-2-6-12-22/h1-6,9-12,23-26H,7-8,13-20,27-30H2. The summed E-state index contributed by atoms with van der Waals surface area (Å²) < 4.78 is 6.59. The van der Waals surface area contributed by atoms with Crippen LogP contribution in [0.25, 0.3) is 0 Å². The molecule has 0 aliphatic carbocycles. The number of ether oxygens (including phenoxy) is 1. The van der Waals surface area contributed by atoms with E-state index in [2.05, 4.69) is 48.5 Å². The lowest BCUT2D eigenvalue weighted by Crippen LogP contribution is -2.46. The molecule has 0 aliphatic heterocycles. The van der Waals surface area contributed by atoms with E-state index in [0.717, 1.165) is 51.4 Å². The minimum absolute atomic E-state index is 0.0437. The van der Waals surface area contributed by atoms with Crippen molar-refractivity contribution >= 4 is 0 Å². The molecule has 0 heterocycles. The lowest BCUT2D eigenvalue weighted by molar-refractivity contribution is -0.0473. The van der Waals surface area contributed by atoms with Gasteiger partial charge in [0.05, 0.1) is 12.2 Å². The predicted molar refractivity (Wildman–Crippen MR) is 131 cm³/mol. The Balaban J connectivity index is 1.95. The second kappa shape index (κ2) is 15.1. The molecule has 0 spiro atoms. The van der Waals surface area contributed by atoms with Gasteiger partial charge in [0, 0.05) is 12.1 Å². The molecule has 2 rings (SSSR count). The SMILES string of the molecule is NCCC(N)C(CCCc1ccccc1)OC(CCCc1ccccc1)C(N)CCN. The average molecular weight is 427 g/mol. The summed E-state index contributed by atoms with van der Waals surface area (Å²) in [5.41, 5.74) is 27.2. The summed E-state index contributed by atoms with van der Waals surface area (Å²) in [7, 11) is 0. The molecule has 31 heavy (non-hydrogen) atoms. The third kappa shape index (κ3) is 9.93. The lowest BCUT2D eigenvalue weighted by atomic mass is 9.97. The van der Waals surface area contributed by atoms with E-state index >= 15 is 0 Å². The van der Waals surface area contributed by atoms with Gasteiger partial charge in [0.2, 0.25) is 0 Å². The smallest absolute Gasteiger partial charge is 0.0731 e. The number of aryl methyl sites for hydroxylation is 2. The van der Waals surface area contributed by atoms with Gasteiger partial charge in [-0.1, -0.05) is 60.7 Å². The number of hydrogen-bond donors (Lipinski definition) is 4. The van der Waals surface area contributed by atoms with Crippen LogP contribution in [0.5, 0.6) is 0 Å². The van der Waals surface area contributed by atoms with Gasteiger partial charge >= 0.3 is 0 Å². The molecule has 0 aliphatic rings. The highest BCUT2D eigenvalue weighted by Crippen LogP contribution is 2.19. The van der Waals surface area contributed by atoms with Crippen molar-refractivity contribution in [3.8, 4) is 0 Å². The van der Waals surface area contributed by atoms with Crippen molar-refractivity contribution in [2.45, 2.75) is 75.7 Å². The molecule has 5 heteroatoms. The van der Waals surface area contributed by atoms with Crippen molar-refractivity contribution in [2.24, 2.45) is 22.9 Å². The van der Waals surface area contributed by atoms with E-state index in [-0.39, 0.29) is 24.3 Å². The molecule has 2 aromatic carbocycles. The molecule has 4 unspecified atom stereocenters. The van der Waals surface area contributed by atoms with E-state index in [1.807, 2.05) is 12.1 Å². The Morgan fingerprint density at radius 1 is 0.581 bits per heavy atom. The maximum atomic E-state index is 6.59. The Hall–Kier alpha value is -1.76. The van der Waals surface area contributed by atoms with E-state index in [0.29, 0.717) is 13.1 Å². The van der Waals surface area contributed by atoms with Crippen LogP contribution < -0.4 is 22.9 Å². The Bertz CT molecular complexity index is 623. The first-order chi connectivity index (χ1) is 15.1. The summed E-state index contributed by atoms with van der Waals surface area (Å²) in [4.78, 5) is 0. The summed E-state index contributed by atoms with van der Waals surface area (Å²) in [6.45, 7) is 1.13. The first-order valence-corrected chi connectivity index (χ1v) is 11.8. The molecule has 172 valence electrons. The van der Waals surface area contributed by atoms with E-state index in [9.17, 15) is 0 Å². The zero-order valence-corrected chi connectivity index (χ0v) is 18.9. The molecular weight excluding hydrogens is 384 g/mol. The van der Waals surface area contributed by atoms with E-state index in [1.54, 1.807) is 0 Å². The van der Waals surface area contributed by atoms with Crippen molar-refractivity contribution in [1.29, 1.82) is 0 Å². The van der Waals surface area contributed by atoms with Crippen LogP contribution in [-0.2, 0) is 17.6 Å². The van der Waals surface area contributed by atoms with E-state index in [4.69, 9.17) is 27.7 Å². The van der Waals surface area contributed by atoms with Crippen molar-refractivity contribution in [3.05, 3.63) is 71.8 Å². The first kappa shape index (κ1) is 25.5. The fourth-order valence-corrected chi connectivity index (χ4v) is 4.05. The fourth-order valence-electron chi connectivity index (χ4n) is 4.05. The normalized spacial score (nSPS) is 15.4. The van der Waals surface area contributed by atoms with Gasteiger partial charge in [0.25, 0.3) is 0 Å². The van der Waals surface area contributed by atoms with Crippen molar-refractivity contribution in [1.82, 2.24) is 0 Å². The lowest BCUT2D eigenvalue weighted by Gasteiger charge is -2.32. The summed E-state index contributed by atoms with van der Waals surface area (Å²) in [6.07, 6.45) is 7.30. The first-order valence-electron chi connectivity index (χ1n) is 11.8. The molecule has 0 saturated heterocycles. The van der Waals surface area contributed by atoms with Crippen LogP contribution in [0.3, 0.4) is 0 Å². The van der Waals surface area contributed by atoms with Crippen LogP contribution >= 0.6 is 0 Å². The number of nitrogens with two attached hydrogens (primary N) is 4. The number of rotatable bonds is 16. The van der Waals surface area contributed by atoms with Crippen LogP contribution in [0.4, 0.5) is 0 Å². The van der Waals surface area contributed by atoms with Gasteiger partial charge in [-0.3, -0.25) is 0 Å². The second-order valence-electron chi connectivity index (χ2n) is 8.45. The van der Waals surface area contributed by atoms with Gasteiger partial charge in [-0.25, -0.2) is 0 Å². The summed E-state index contributed by atoms with van der Waals surface area (Å²) >= 11 is 0. The van der Waals surface area contributed by atoms with Crippen molar-refractivity contribution in [3.63, 3.8) is 0 Å². The van der Waals surface area contributed by atoms with Crippen LogP contribution in [-0.4, -0.2) is 37.4 Å². The maximum Gasteiger partial charge on any atom is 0.0731 e. The monoisotopic (exact) mass is 426 g/mol. The summed E-state index contributed by atoms with van der Waals surface area (Å²) in [6, 6.07) is 20.9. The van der Waals surface area contributed by atoms with Crippen LogP contribution in [0, 0.1) is 0 Å². The van der Waals surface area contributed by atoms with Gasteiger partial charge in [-0.15, -0.1) is 0 Å². The van der Waals surface area contributed by atoms with Crippen molar-refractivity contribution in [2.75, 3.05) is 13.1 Å². The van der Waals surface area contributed by atoms with Crippen molar-refractivity contribution < 1.29 is 4.74 Å². The highest BCUT2D eigenvalue weighted by molar-refractivity contribution is 5.15. The largest absolute Gasteiger partial charge is 0.372 e. The Morgan fingerprint density at radius 3 is 1.32 bits per heavy atom. The Kier molecular flexibility index (Phi) is 12.4. The molecule has 0 saturated carbocycles. The van der Waals surface area contributed by atoms with Crippen LogP contribution in [0.15, 0.2) is 60.7 Å². The molecule has 4 atom stereocenters. The van der Waals surface area contributed by atoms with E-state index < -0.39 is 0 Å². The highest BCUT2D eigenvalue weighted by Gasteiger charge is 2.26. The average Bonchev–Trinajstić information content (AvgIpc) is 2.79. The third-order valence-corrected chi connectivity index (χ3v) is 5.90. The minimum Gasteiger partial charge on any atom is -0.372 e. The maximum absolute atomic E-state index is 6.59. The van der Waals surface area contributed by atoms with Crippen LogP contribution in [0.1, 0.15) is 49.7 Å². The fraction of sp³-hybridized carbons (Fsp3) is 0.538. The Labute approximate surface area is 188 Å². The topological polar surface area (TPSA) is 113 Å². The predicted octanol–water partition coefficient (Wildman–Crippen LogP) is 3.14. The molecular formula is C26H42N4O. The van der Waals surface area contributed by atoms with Gasteiger partial charge in [-0.05, 0) is 75.6 Å². The van der Waals surface area contributed by atoms with Gasteiger partial charge in [0.15, 0.2) is 0 Å². The quantitative estimate of drug-likeness (QED) is 0.329. The van der Waals surface area contributed by atoms with Gasteiger partial charge in [-0.2, -0.15) is 0 Å². The van der Waals surface area contributed by atoms with Gasteiger partial charge in [0.1, 0.15) is 0 Å². The summed E-state index contributed by atoms with van der Waals surface area (Å²) in [5, 5.41) is 0. The Morgan fingerprint density at radius 2 is 0.968 bits per heavy atom. The molecule has 2 aromatic rings. The molecule has 5 nitrogen and oxygen atoms in total. The summed E-state index contributed by atoms with van der Waals surface area (Å²) in [5.74, 6) is 0. The van der Waals surface area contributed by atoms with E-state index in [1.165, 1.54) is 11.1 Å². The van der Waals surface area contributed by atoms with Crippen LogP contribution in [0.2, 0.25) is 0 Å². The molecule has 8 N–H and O–H groups in total. The number of benzene rings is 2. The zero-order valence-electron chi connectivity index (χ0n) is 18.9.